The van der Waals surface area contributed by atoms with Gasteiger partial charge in [0, 0.05) is 36.8 Å². The van der Waals surface area contributed by atoms with Gasteiger partial charge in [-0.3, -0.25) is 9.69 Å². The van der Waals surface area contributed by atoms with E-state index in [0.29, 0.717) is 11.5 Å². The number of nitrogens with one attached hydrogen (secondary N) is 1. The van der Waals surface area contributed by atoms with E-state index in [1.807, 2.05) is 30.8 Å². The first-order valence-electron chi connectivity index (χ1n) is 10.2. The molecular formula is C24H25FN2O3S. The number of benzene rings is 2. The lowest BCUT2D eigenvalue weighted by atomic mass is 10.1. The molecule has 0 atom stereocenters. The fraction of sp³-hybridized carbons (Fsp3) is 0.292. The molecule has 1 aliphatic heterocycles. The van der Waals surface area contributed by atoms with Crippen LogP contribution in [0.3, 0.4) is 0 Å². The first kappa shape index (κ1) is 21.5. The highest BCUT2D eigenvalue weighted by Crippen LogP contribution is 2.21. The maximum atomic E-state index is 13.0. The van der Waals surface area contributed by atoms with Crippen LogP contribution >= 0.6 is 11.8 Å². The zero-order valence-corrected chi connectivity index (χ0v) is 18.2. The van der Waals surface area contributed by atoms with Gasteiger partial charge < -0.3 is 14.5 Å². The molecule has 3 aromatic rings. The van der Waals surface area contributed by atoms with Crippen LogP contribution in [0.5, 0.6) is 5.75 Å². The number of nitrogens with zero attached hydrogens (tertiary/aromatic N) is 1. The summed E-state index contributed by atoms with van der Waals surface area (Å²) in [5, 5.41) is 2.96. The van der Waals surface area contributed by atoms with Crippen molar-refractivity contribution in [2.75, 3.05) is 29.9 Å². The van der Waals surface area contributed by atoms with Crippen LogP contribution in [0, 0.1) is 12.7 Å². The average molecular weight is 441 g/mol. The van der Waals surface area contributed by atoms with E-state index in [0.717, 1.165) is 30.9 Å². The van der Waals surface area contributed by atoms with Gasteiger partial charge in [-0.25, -0.2) is 4.39 Å². The number of thioether (sulfide) groups is 1. The molecule has 1 aromatic heterocycles. The second kappa shape index (κ2) is 10.0. The minimum atomic E-state index is -0.321. The van der Waals surface area contributed by atoms with E-state index in [4.69, 9.17) is 9.15 Å². The maximum absolute atomic E-state index is 13.0. The number of hydrogen-bond acceptors (Lipinski definition) is 5. The fourth-order valence-corrected chi connectivity index (χ4v) is 4.35. The van der Waals surface area contributed by atoms with Gasteiger partial charge in [0.2, 0.25) is 0 Å². The van der Waals surface area contributed by atoms with Crippen molar-refractivity contribution >= 4 is 23.4 Å². The first-order chi connectivity index (χ1) is 15.1. The molecule has 7 heteroatoms. The van der Waals surface area contributed by atoms with Gasteiger partial charge in [0.05, 0.1) is 0 Å². The summed E-state index contributed by atoms with van der Waals surface area (Å²) in [7, 11) is 0. The SMILES string of the molecule is Cc1ccc(CN2CCSCC2)cc1NC(=O)c1ccc(COc2ccc(F)cc2)o1. The molecule has 0 unspecified atom stereocenters. The first-order valence-corrected chi connectivity index (χ1v) is 11.4. The van der Waals surface area contributed by atoms with Crippen molar-refractivity contribution in [2.45, 2.75) is 20.1 Å². The summed E-state index contributed by atoms with van der Waals surface area (Å²) in [4.78, 5) is 15.1. The summed E-state index contributed by atoms with van der Waals surface area (Å²) in [5.41, 5.74) is 2.97. The lowest BCUT2D eigenvalue weighted by Crippen LogP contribution is -2.32. The Kier molecular flexibility index (Phi) is 6.94. The standard InChI is InChI=1S/C24H25FN2O3S/c1-17-2-3-18(15-27-10-12-31-13-11-27)14-22(17)26-24(28)23-9-8-21(30-23)16-29-20-6-4-19(25)5-7-20/h2-9,14H,10-13,15-16H2,1H3,(H,26,28). The maximum Gasteiger partial charge on any atom is 0.291 e. The normalized spacial score (nSPS) is 14.4. The monoisotopic (exact) mass is 440 g/mol. The highest BCUT2D eigenvalue weighted by atomic mass is 32.2. The van der Waals surface area contributed by atoms with Crippen molar-refractivity contribution in [3.8, 4) is 5.75 Å². The van der Waals surface area contributed by atoms with Crippen LogP contribution in [0.2, 0.25) is 0 Å². The zero-order valence-electron chi connectivity index (χ0n) is 17.4. The number of ether oxygens (including phenoxy) is 1. The van der Waals surface area contributed by atoms with Crippen molar-refractivity contribution in [1.29, 1.82) is 0 Å². The number of amides is 1. The van der Waals surface area contributed by atoms with Crippen LogP contribution in [-0.2, 0) is 13.2 Å². The van der Waals surface area contributed by atoms with Crippen LogP contribution < -0.4 is 10.1 Å². The highest BCUT2D eigenvalue weighted by Gasteiger charge is 2.15. The minimum absolute atomic E-state index is 0.154. The smallest absolute Gasteiger partial charge is 0.291 e. The molecule has 0 aliphatic carbocycles. The summed E-state index contributed by atoms with van der Waals surface area (Å²) >= 11 is 1.99. The van der Waals surface area contributed by atoms with Crippen molar-refractivity contribution in [1.82, 2.24) is 4.90 Å². The van der Waals surface area contributed by atoms with Crippen molar-refractivity contribution < 1.29 is 18.3 Å². The zero-order chi connectivity index (χ0) is 21.6. The van der Waals surface area contributed by atoms with Gasteiger partial charge in [-0.2, -0.15) is 11.8 Å². The molecule has 1 fully saturated rings. The molecule has 0 bridgehead atoms. The van der Waals surface area contributed by atoms with Crippen LogP contribution in [0.1, 0.15) is 27.4 Å². The van der Waals surface area contributed by atoms with Crippen LogP contribution in [0.4, 0.5) is 10.1 Å². The van der Waals surface area contributed by atoms with Gasteiger partial charge in [0.1, 0.15) is 23.9 Å². The third-order valence-electron chi connectivity index (χ3n) is 5.14. The Morgan fingerprint density at radius 3 is 2.68 bits per heavy atom. The van der Waals surface area contributed by atoms with E-state index >= 15 is 0 Å². The van der Waals surface area contributed by atoms with Gasteiger partial charge in [-0.05, 0) is 60.5 Å². The van der Waals surface area contributed by atoms with Gasteiger partial charge >= 0.3 is 0 Å². The van der Waals surface area contributed by atoms with Crippen molar-refractivity contribution in [3.05, 3.63) is 83.1 Å². The molecule has 2 aromatic carbocycles. The Balaban J connectivity index is 1.36. The van der Waals surface area contributed by atoms with Crippen molar-refractivity contribution in [2.24, 2.45) is 0 Å². The topological polar surface area (TPSA) is 54.7 Å². The number of halogens is 1. The van der Waals surface area contributed by atoms with Crippen LogP contribution in [0.15, 0.2) is 59.0 Å². The Morgan fingerprint density at radius 1 is 1.13 bits per heavy atom. The van der Waals surface area contributed by atoms with E-state index in [2.05, 4.69) is 16.3 Å². The molecule has 4 rings (SSSR count). The summed E-state index contributed by atoms with van der Waals surface area (Å²) in [6, 6.07) is 15.3. The number of rotatable bonds is 7. The number of aryl methyl sites for hydroxylation is 1. The van der Waals surface area contributed by atoms with Crippen LogP contribution in [0.25, 0.3) is 0 Å². The summed E-state index contributed by atoms with van der Waals surface area (Å²) in [5.74, 6) is 2.98. The van der Waals surface area contributed by atoms with E-state index in [1.165, 1.54) is 29.2 Å². The Labute approximate surface area is 185 Å². The Bertz CT molecular complexity index is 1030. The summed E-state index contributed by atoms with van der Waals surface area (Å²) in [6.45, 7) is 5.20. The number of hydrogen-bond donors (Lipinski definition) is 1. The highest BCUT2D eigenvalue weighted by molar-refractivity contribution is 7.99. The van der Waals surface area contributed by atoms with E-state index in [-0.39, 0.29) is 24.1 Å². The second-order valence-electron chi connectivity index (χ2n) is 7.50. The molecule has 0 saturated carbocycles. The van der Waals surface area contributed by atoms with E-state index in [1.54, 1.807) is 24.3 Å². The second-order valence-corrected chi connectivity index (χ2v) is 8.73. The largest absolute Gasteiger partial charge is 0.486 e. The Hall–Kier alpha value is -2.77. The lowest BCUT2D eigenvalue weighted by Gasteiger charge is -2.26. The summed E-state index contributed by atoms with van der Waals surface area (Å²) < 4.78 is 24.2. The Morgan fingerprint density at radius 2 is 1.90 bits per heavy atom. The predicted octanol–water partition coefficient (Wildman–Crippen LogP) is 5.11. The molecule has 1 N–H and O–H groups in total. The third kappa shape index (κ3) is 5.89. The molecular weight excluding hydrogens is 415 g/mol. The molecule has 31 heavy (non-hydrogen) atoms. The number of furan rings is 1. The number of anilines is 1. The summed E-state index contributed by atoms with van der Waals surface area (Å²) in [6.07, 6.45) is 0. The fourth-order valence-electron chi connectivity index (χ4n) is 3.37. The number of carbonyl (C=O) groups excluding carboxylic acids is 1. The van der Waals surface area contributed by atoms with Gasteiger partial charge in [0.25, 0.3) is 5.91 Å². The number of carbonyl (C=O) groups is 1. The average Bonchev–Trinajstić information content (AvgIpc) is 3.26. The van der Waals surface area contributed by atoms with Gasteiger partial charge in [0.15, 0.2) is 5.76 Å². The third-order valence-corrected chi connectivity index (χ3v) is 6.08. The predicted molar refractivity (Wildman–Crippen MR) is 121 cm³/mol. The molecule has 162 valence electrons. The minimum Gasteiger partial charge on any atom is -0.486 e. The van der Waals surface area contributed by atoms with Gasteiger partial charge in [-0.15, -0.1) is 0 Å². The molecule has 0 radical (unpaired) electrons. The van der Waals surface area contributed by atoms with Crippen molar-refractivity contribution in [3.63, 3.8) is 0 Å². The van der Waals surface area contributed by atoms with Crippen LogP contribution in [-0.4, -0.2) is 35.4 Å². The molecule has 0 spiro atoms. The molecule has 1 saturated heterocycles. The van der Waals surface area contributed by atoms with E-state index < -0.39 is 0 Å². The molecule has 5 nitrogen and oxygen atoms in total. The molecule has 1 amide bonds. The van der Waals surface area contributed by atoms with Gasteiger partial charge in [-0.1, -0.05) is 12.1 Å². The quantitative estimate of drug-likeness (QED) is 0.554. The molecule has 2 heterocycles. The molecule has 1 aliphatic rings. The lowest BCUT2D eigenvalue weighted by molar-refractivity contribution is 0.0992. The van der Waals surface area contributed by atoms with E-state index in [9.17, 15) is 9.18 Å².